The molecule has 1 aromatic rings. The summed E-state index contributed by atoms with van der Waals surface area (Å²) >= 11 is 0. The summed E-state index contributed by atoms with van der Waals surface area (Å²) in [4.78, 5) is 2.48. The lowest BCUT2D eigenvalue weighted by Crippen LogP contribution is -2.32. The summed E-state index contributed by atoms with van der Waals surface area (Å²) in [5, 5.41) is 0. The van der Waals surface area contributed by atoms with E-state index in [4.69, 9.17) is 0 Å². The maximum atomic E-state index is 2.48. The van der Waals surface area contributed by atoms with Gasteiger partial charge >= 0.3 is 0 Å². The fourth-order valence-corrected chi connectivity index (χ4v) is 2.85. The van der Waals surface area contributed by atoms with Crippen LogP contribution < -0.4 is 0 Å². The predicted octanol–water partition coefficient (Wildman–Crippen LogP) is 4.31. The average molecular weight is 229 g/mol. The molecule has 0 N–H and O–H groups in total. The van der Waals surface area contributed by atoms with Crippen molar-refractivity contribution in [1.29, 1.82) is 0 Å². The second kappa shape index (κ2) is 5.90. The topological polar surface area (TPSA) is 3.24 Å². The van der Waals surface area contributed by atoms with Crippen LogP contribution in [0.1, 0.15) is 44.6 Å². The minimum Gasteiger partial charge on any atom is -0.371 e. The van der Waals surface area contributed by atoms with Crippen LogP contribution in [0, 0.1) is 0 Å². The molecule has 0 aliphatic heterocycles. The molecule has 0 saturated heterocycles. The molecule has 0 unspecified atom stereocenters. The Hall–Kier alpha value is -1.24. The smallest absolute Gasteiger partial charge is 0.0396 e. The zero-order chi connectivity index (χ0) is 12.1. The lowest BCUT2D eigenvalue weighted by atomic mass is 9.93. The summed E-state index contributed by atoms with van der Waals surface area (Å²) in [6.07, 6.45) is 9.13. The maximum absolute atomic E-state index is 2.48. The Kier molecular flexibility index (Phi) is 4.24. The molecule has 1 aromatic carbocycles. The van der Waals surface area contributed by atoms with Crippen molar-refractivity contribution in [2.24, 2.45) is 0 Å². The molecule has 0 spiro atoms. The maximum Gasteiger partial charge on any atom is 0.0396 e. The highest BCUT2D eigenvalue weighted by Crippen LogP contribution is 2.28. The third kappa shape index (κ3) is 2.91. The quantitative estimate of drug-likeness (QED) is 0.746. The van der Waals surface area contributed by atoms with Gasteiger partial charge in [0.1, 0.15) is 0 Å². The molecular weight excluding hydrogens is 206 g/mol. The second-order valence-corrected chi connectivity index (χ2v) is 4.94. The molecule has 0 amide bonds. The molecule has 2 rings (SSSR count). The lowest BCUT2D eigenvalue weighted by Gasteiger charge is -2.34. The molecule has 17 heavy (non-hydrogen) atoms. The zero-order valence-electron chi connectivity index (χ0n) is 11.0. The summed E-state index contributed by atoms with van der Waals surface area (Å²) in [6, 6.07) is 11.5. The average Bonchev–Trinajstić information content (AvgIpc) is 2.42. The van der Waals surface area contributed by atoms with Gasteiger partial charge in [-0.15, -0.1) is 0 Å². The molecule has 1 fully saturated rings. The second-order valence-electron chi connectivity index (χ2n) is 4.94. The van der Waals surface area contributed by atoms with E-state index in [9.17, 15) is 0 Å². The van der Waals surface area contributed by atoms with Crippen LogP contribution in [0.5, 0.6) is 0 Å². The van der Waals surface area contributed by atoms with Crippen LogP contribution in [0.25, 0.3) is 5.70 Å². The largest absolute Gasteiger partial charge is 0.371 e. The summed E-state index contributed by atoms with van der Waals surface area (Å²) in [6.45, 7) is 2.14. The summed E-state index contributed by atoms with van der Waals surface area (Å²) < 4.78 is 0. The van der Waals surface area contributed by atoms with Crippen molar-refractivity contribution in [3.05, 3.63) is 42.0 Å². The van der Waals surface area contributed by atoms with E-state index in [1.54, 1.807) is 0 Å². The van der Waals surface area contributed by atoms with Crippen LogP contribution in [-0.2, 0) is 0 Å². The van der Waals surface area contributed by atoms with Gasteiger partial charge in [0.2, 0.25) is 0 Å². The Morgan fingerprint density at radius 3 is 2.35 bits per heavy atom. The van der Waals surface area contributed by atoms with Crippen LogP contribution in [0.2, 0.25) is 0 Å². The van der Waals surface area contributed by atoms with Crippen molar-refractivity contribution in [2.75, 3.05) is 7.05 Å². The molecule has 0 radical (unpaired) electrons. The van der Waals surface area contributed by atoms with Gasteiger partial charge in [-0.1, -0.05) is 55.7 Å². The van der Waals surface area contributed by atoms with Crippen molar-refractivity contribution in [1.82, 2.24) is 4.90 Å². The highest BCUT2D eigenvalue weighted by molar-refractivity contribution is 5.63. The van der Waals surface area contributed by atoms with Gasteiger partial charge < -0.3 is 4.90 Å². The Balaban J connectivity index is 2.13. The lowest BCUT2D eigenvalue weighted by molar-refractivity contribution is 0.266. The van der Waals surface area contributed by atoms with Gasteiger partial charge in [0, 0.05) is 18.8 Å². The van der Waals surface area contributed by atoms with Crippen molar-refractivity contribution < 1.29 is 0 Å². The first-order chi connectivity index (χ1) is 8.33. The molecule has 1 aliphatic rings. The molecule has 1 heteroatoms. The van der Waals surface area contributed by atoms with Crippen molar-refractivity contribution >= 4 is 5.70 Å². The Morgan fingerprint density at radius 1 is 1.12 bits per heavy atom. The van der Waals surface area contributed by atoms with Gasteiger partial charge in [-0.25, -0.2) is 0 Å². The molecule has 0 atom stereocenters. The van der Waals surface area contributed by atoms with E-state index in [2.05, 4.69) is 55.3 Å². The predicted molar refractivity (Wildman–Crippen MR) is 74.7 cm³/mol. The first-order valence-corrected chi connectivity index (χ1v) is 6.77. The molecule has 0 bridgehead atoms. The van der Waals surface area contributed by atoms with E-state index in [1.807, 2.05) is 0 Å². The van der Waals surface area contributed by atoms with E-state index in [0.29, 0.717) is 0 Å². The highest BCUT2D eigenvalue weighted by Gasteiger charge is 2.19. The number of benzene rings is 1. The number of hydrogen-bond acceptors (Lipinski definition) is 1. The van der Waals surface area contributed by atoms with E-state index in [0.717, 1.165) is 6.04 Å². The van der Waals surface area contributed by atoms with Gasteiger partial charge in [0.05, 0.1) is 0 Å². The van der Waals surface area contributed by atoms with Crippen LogP contribution in [0.3, 0.4) is 0 Å². The van der Waals surface area contributed by atoms with Crippen molar-refractivity contribution in [3.63, 3.8) is 0 Å². The molecule has 1 saturated carbocycles. The molecule has 0 heterocycles. The summed E-state index contributed by atoms with van der Waals surface area (Å²) in [5.74, 6) is 0. The summed E-state index contributed by atoms with van der Waals surface area (Å²) in [7, 11) is 2.25. The fraction of sp³-hybridized carbons (Fsp3) is 0.500. The standard InChI is InChI=1S/C16H23N/c1-3-16(14-10-6-4-7-11-14)17(2)15-12-8-5-9-13-15/h3-4,6-7,10-11,15H,5,8-9,12-13H2,1-2H3/b16-3-. The van der Waals surface area contributed by atoms with E-state index >= 15 is 0 Å². The van der Waals surface area contributed by atoms with Gasteiger partial charge in [-0.05, 0) is 25.3 Å². The van der Waals surface area contributed by atoms with E-state index < -0.39 is 0 Å². The van der Waals surface area contributed by atoms with Gasteiger partial charge in [-0.3, -0.25) is 0 Å². The van der Waals surface area contributed by atoms with Gasteiger partial charge in [0.15, 0.2) is 0 Å². The van der Waals surface area contributed by atoms with Crippen molar-refractivity contribution in [2.45, 2.75) is 45.1 Å². The molecule has 1 nitrogen and oxygen atoms in total. The fourth-order valence-electron chi connectivity index (χ4n) is 2.85. The SMILES string of the molecule is C/C=C(/c1ccccc1)N(C)C1CCCCC1. The third-order valence-corrected chi connectivity index (χ3v) is 3.85. The number of hydrogen-bond donors (Lipinski definition) is 0. The van der Waals surface area contributed by atoms with Crippen LogP contribution in [0.15, 0.2) is 36.4 Å². The normalized spacial score (nSPS) is 18.1. The third-order valence-electron chi connectivity index (χ3n) is 3.85. The van der Waals surface area contributed by atoms with Gasteiger partial charge in [-0.2, -0.15) is 0 Å². The summed E-state index contributed by atoms with van der Waals surface area (Å²) in [5.41, 5.74) is 2.71. The van der Waals surface area contributed by atoms with E-state index in [1.165, 1.54) is 43.4 Å². The molecule has 1 aliphatic carbocycles. The molecule has 92 valence electrons. The van der Waals surface area contributed by atoms with Gasteiger partial charge in [0.25, 0.3) is 0 Å². The Bertz CT molecular complexity index is 360. The first kappa shape index (κ1) is 12.2. The van der Waals surface area contributed by atoms with Crippen LogP contribution in [-0.4, -0.2) is 18.0 Å². The highest BCUT2D eigenvalue weighted by atomic mass is 15.1. The molecular formula is C16H23N. The Morgan fingerprint density at radius 2 is 1.76 bits per heavy atom. The van der Waals surface area contributed by atoms with E-state index in [-0.39, 0.29) is 0 Å². The Labute approximate surface area is 105 Å². The van der Waals surface area contributed by atoms with Crippen LogP contribution in [0.4, 0.5) is 0 Å². The number of allylic oxidation sites excluding steroid dienone is 1. The van der Waals surface area contributed by atoms with Crippen LogP contribution >= 0.6 is 0 Å². The monoisotopic (exact) mass is 229 g/mol. The first-order valence-electron chi connectivity index (χ1n) is 6.77. The molecule has 0 aromatic heterocycles. The number of rotatable bonds is 3. The minimum atomic E-state index is 0.732. The number of nitrogens with zero attached hydrogens (tertiary/aromatic N) is 1. The minimum absolute atomic E-state index is 0.732. The zero-order valence-corrected chi connectivity index (χ0v) is 11.0. The van der Waals surface area contributed by atoms with Crippen molar-refractivity contribution in [3.8, 4) is 0 Å².